The van der Waals surface area contributed by atoms with E-state index in [1.165, 1.54) is 0 Å². The fourth-order valence-corrected chi connectivity index (χ4v) is 4.37. The van der Waals surface area contributed by atoms with Crippen LogP contribution in [-0.4, -0.2) is 31.9 Å². The number of benzene rings is 1. The maximum Gasteiger partial charge on any atom is 0.287 e. The Bertz CT molecular complexity index is 929. The van der Waals surface area contributed by atoms with Gasteiger partial charge in [0, 0.05) is 12.1 Å². The lowest BCUT2D eigenvalue weighted by Gasteiger charge is -2.10. The minimum Gasteiger partial charge on any atom is -0.451 e. The first-order chi connectivity index (χ1) is 10.9. The molecule has 7 heteroatoms. The molecule has 1 aliphatic rings. The Balaban J connectivity index is 1.88. The molecule has 0 saturated carbocycles. The Morgan fingerprint density at radius 3 is 2.78 bits per heavy atom. The molecule has 0 aliphatic carbocycles. The van der Waals surface area contributed by atoms with E-state index in [2.05, 4.69) is 5.32 Å². The van der Waals surface area contributed by atoms with Crippen molar-refractivity contribution in [2.24, 2.45) is 0 Å². The van der Waals surface area contributed by atoms with Gasteiger partial charge in [0.1, 0.15) is 5.58 Å². The molecule has 2 aromatic rings. The number of nitrogens with one attached hydrogen (secondary N) is 1. The molecule has 1 aliphatic heterocycles. The zero-order chi connectivity index (χ0) is 16.6. The van der Waals surface area contributed by atoms with E-state index < -0.39 is 21.8 Å². The lowest BCUT2D eigenvalue weighted by atomic mass is 10.1. The van der Waals surface area contributed by atoms with Gasteiger partial charge in [0.15, 0.2) is 21.0 Å². The summed E-state index contributed by atoms with van der Waals surface area (Å²) >= 11 is 0. The Morgan fingerprint density at radius 1 is 1.35 bits per heavy atom. The summed E-state index contributed by atoms with van der Waals surface area (Å²) in [7, 11) is -3.08. The first-order valence-electron chi connectivity index (χ1n) is 7.46. The predicted octanol–water partition coefficient (Wildman–Crippen LogP) is 1.27. The van der Waals surface area contributed by atoms with E-state index in [9.17, 15) is 18.0 Å². The van der Waals surface area contributed by atoms with Crippen LogP contribution >= 0.6 is 0 Å². The smallest absolute Gasteiger partial charge is 0.287 e. The van der Waals surface area contributed by atoms with Crippen LogP contribution in [0.15, 0.2) is 33.5 Å². The highest BCUT2D eigenvalue weighted by Crippen LogP contribution is 2.16. The van der Waals surface area contributed by atoms with Crippen molar-refractivity contribution in [1.82, 2.24) is 5.32 Å². The van der Waals surface area contributed by atoms with E-state index in [0.29, 0.717) is 17.4 Å². The summed E-state index contributed by atoms with van der Waals surface area (Å²) in [4.78, 5) is 24.4. The fourth-order valence-electron chi connectivity index (χ4n) is 2.70. The van der Waals surface area contributed by atoms with Crippen LogP contribution < -0.4 is 10.7 Å². The SMILES string of the molecule is CCc1ccc2oc(C(=O)N[C@H]3CCS(=O)(=O)C3)cc(=O)c2c1. The molecule has 1 atom stereocenters. The van der Waals surface area contributed by atoms with Crippen LogP contribution in [0.1, 0.15) is 29.5 Å². The van der Waals surface area contributed by atoms with Gasteiger partial charge < -0.3 is 9.73 Å². The first-order valence-corrected chi connectivity index (χ1v) is 9.28. The highest BCUT2D eigenvalue weighted by atomic mass is 32.2. The maximum atomic E-state index is 12.2. The van der Waals surface area contributed by atoms with Crippen LogP contribution in [0.5, 0.6) is 0 Å². The van der Waals surface area contributed by atoms with Gasteiger partial charge in [-0.3, -0.25) is 9.59 Å². The van der Waals surface area contributed by atoms with Gasteiger partial charge in [-0.15, -0.1) is 0 Å². The molecule has 1 saturated heterocycles. The molecule has 2 heterocycles. The van der Waals surface area contributed by atoms with Gasteiger partial charge in [-0.05, 0) is 30.5 Å². The van der Waals surface area contributed by atoms with Crippen molar-refractivity contribution in [3.05, 3.63) is 45.8 Å². The summed E-state index contributed by atoms with van der Waals surface area (Å²) in [6.45, 7) is 1.99. The average molecular weight is 335 g/mol. The fraction of sp³-hybridized carbons (Fsp3) is 0.375. The number of hydrogen-bond donors (Lipinski definition) is 1. The molecule has 23 heavy (non-hydrogen) atoms. The number of aryl methyl sites for hydroxylation is 1. The van der Waals surface area contributed by atoms with E-state index in [4.69, 9.17) is 4.42 Å². The standard InChI is InChI=1S/C16H17NO5S/c1-2-10-3-4-14-12(7-10)13(18)8-15(22-14)16(19)17-11-5-6-23(20,21)9-11/h3-4,7-8,11H,2,5-6,9H2,1H3,(H,17,19)/t11-/m0/s1. The lowest BCUT2D eigenvalue weighted by Crippen LogP contribution is -2.35. The Kier molecular flexibility index (Phi) is 3.97. The van der Waals surface area contributed by atoms with E-state index >= 15 is 0 Å². The van der Waals surface area contributed by atoms with Gasteiger partial charge in [0.05, 0.1) is 16.9 Å². The second-order valence-corrected chi connectivity index (χ2v) is 7.96. The monoisotopic (exact) mass is 335 g/mol. The molecule has 0 unspecified atom stereocenters. The number of hydrogen-bond acceptors (Lipinski definition) is 5. The Hall–Kier alpha value is -2.15. The first kappa shape index (κ1) is 15.7. The minimum absolute atomic E-state index is 0.0689. The third-order valence-electron chi connectivity index (χ3n) is 3.99. The minimum atomic E-state index is -3.08. The molecular weight excluding hydrogens is 318 g/mol. The highest BCUT2D eigenvalue weighted by Gasteiger charge is 2.29. The normalized spacial score (nSPS) is 19.8. The molecule has 0 spiro atoms. The number of amides is 1. The van der Waals surface area contributed by atoms with Gasteiger partial charge in [-0.2, -0.15) is 0 Å². The molecular formula is C16H17NO5S. The van der Waals surface area contributed by atoms with Gasteiger partial charge >= 0.3 is 0 Å². The molecule has 1 aromatic carbocycles. The van der Waals surface area contributed by atoms with Gasteiger partial charge in [-0.1, -0.05) is 13.0 Å². The van der Waals surface area contributed by atoms with E-state index in [1.54, 1.807) is 12.1 Å². The number of carbonyl (C=O) groups is 1. The van der Waals surface area contributed by atoms with Crippen molar-refractivity contribution in [3.63, 3.8) is 0 Å². The van der Waals surface area contributed by atoms with Crippen molar-refractivity contribution in [1.29, 1.82) is 0 Å². The summed E-state index contributed by atoms with van der Waals surface area (Å²) in [5.41, 5.74) is 1.07. The largest absolute Gasteiger partial charge is 0.451 e. The van der Waals surface area contributed by atoms with Crippen molar-refractivity contribution in [2.45, 2.75) is 25.8 Å². The van der Waals surface area contributed by atoms with Gasteiger partial charge in [-0.25, -0.2) is 8.42 Å². The van der Waals surface area contributed by atoms with Crippen LogP contribution in [-0.2, 0) is 16.3 Å². The van der Waals surface area contributed by atoms with Crippen LogP contribution in [0.25, 0.3) is 11.0 Å². The highest BCUT2D eigenvalue weighted by molar-refractivity contribution is 7.91. The topological polar surface area (TPSA) is 93.4 Å². The average Bonchev–Trinajstić information content (AvgIpc) is 2.85. The van der Waals surface area contributed by atoms with Crippen molar-refractivity contribution < 1.29 is 17.6 Å². The molecule has 3 rings (SSSR count). The Labute approximate surface area is 133 Å². The summed E-state index contributed by atoms with van der Waals surface area (Å²) in [5, 5.41) is 3.05. The zero-order valence-corrected chi connectivity index (χ0v) is 13.5. The van der Waals surface area contributed by atoms with Gasteiger partial charge in [0.25, 0.3) is 5.91 Å². The van der Waals surface area contributed by atoms with Crippen LogP contribution in [0, 0.1) is 0 Å². The van der Waals surface area contributed by atoms with Crippen LogP contribution in [0.2, 0.25) is 0 Å². The summed E-state index contributed by atoms with van der Waals surface area (Å²) < 4.78 is 28.4. The number of fused-ring (bicyclic) bond motifs is 1. The summed E-state index contributed by atoms with van der Waals surface area (Å²) in [6.07, 6.45) is 1.18. The van der Waals surface area contributed by atoms with Gasteiger partial charge in [0.2, 0.25) is 0 Å². The number of carbonyl (C=O) groups excluding carboxylic acids is 1. The maximum absolute atomic E-state index is 12.2. The van der Waals surface area contributed by atoms with Crippen LogP contribution in [0.3, 0.4) is 0 Å². The second-order valence-electron chi connectivity index (χ2n) is 5.73. The molecule has 1 N–H and O–H groups in total. The number of rotatable bonds is 3. The molecule has 0 bridgehead atoms. The second kappa shape index (κ2) is 5.81. The summed E-state index contributed by atoms with van der Waals surface area (Å²) in [6, 6.07) is 5.99. The van der Waals surface area contributed by atoms with Crippen LogP contribution in [0.4, 0.5) is 0 Å². The molecule has 6 nitrogen and oxygen atoms in total. The van der Waals surface area contributed by atoms with E-state index in [1.807, 2.05) is 13.0 Å². The number of sulfone groups is 1. The molecule has 0 radical (unpaired) electrons. The van der Waals surface area contributed by atoms with Crippen molar-refractivity contribution in [3.8, 4) is 0 Å². The molecule has 1 aromatic heterocycles. The van der Waals surface area contributed by atoms with Crippen molar-refractivity contribution in [2.75, 3.05) is 11.5 Å². The van der Waals surface area contributed by atoms with E-state index in [0.717, 1.165) is 18.1 Å². The zero-order valence-electron chi connectivity index (χ0n) is 12.7. The lowest BCUT2D eigenvalue weighted by molar-refractivity contribution is 0.0913. The third-order valence-corrected chi connectivity index (χ3v) is 5.76. The van der Waals surface area contributed by atoms with Crippen molar-refractivity contribution >= 4 is 26.7 Å². The quantitative estimate of drug-likeness (QED) is 0.912. The summed E-state index contributed by atoms with van der Waals surface area (Å²) in [5.74, 6) is -0.669. The molecule has 122 valence electrons. The van der Waals surface area contributed by atoms with E-state index in [-0.39, 0.29) is 22.7 Å². The predicted molar refractivity (Wildman–Crippen MR) is 86.4 cm³/mol. The molecule has 1 amide bonds. The third kappa shape index (κ3) is 3.29. The Morgan fingerprint density at radius 2 is 2.13 bits per heavy atom. The molecule has 1 fully saturated rings.